The Balaban J connectivity index is 1.59. The number of nitro groups is 1. The zero-order chi connectivity index (χ0) is 22.6. The lowest BCUT2D eigenvalue weighted by Gasteiger charge is -2.25. The van der Waals surface area contributed by atoms with Crippen molar-refractivity contribution in [2.75, 3.05) is 10.0 Å². The summed E-state index contributed by atoms with van der Waals surface area (Å²) in [5, 5.41) is 19.8. The van der Waals surface area contributed by atoms with Crippen LogP contribution in [0.2, 0.25) is 0 Å². The lowest BCUT2D eigenvalue weighted by atomic mass is 9.98. The minimum Gasteiger partial charge on any atom is -0.267 e. The second kappa shape index (κ2) is 7.17. The number of carbonyl (C=O) groups excluding carboxylic acids is 1. The molecule has 3 aromatic rings. The van der Waals surface area contributed by atoms with E-state index < -0.39 is 10.8 Å². The van der Waals surface area contributed by atoms with Gasteiger partial charge in [0.1, 0.15) is 0 Å². The zero-order valence-corrected chi connectivity index (χ0v) is 17.6. The molecule has 0 unspecified atom stereocenters. The molecular formula is C23H19N5O4. The number of non-ortho nitro benzene ring substituents is 1. The maximum atomic E-state index is 13.5. The second-order valence-electron chi connectivity index (χ2n) is 7.75. The van der Waals surface area contributed by atoms with Gasteiger partial charge in [-0.15, -0.1) is 0 Å². The molecular weight excluding hydrogens is 410 g/mol. The number of anilines is 2. The van der Waals surface area contributed by atoms with Crippen molar-refractivity contribution in [2.24, 2.45) is 5.16 Å². The van der Waals surface area contributed by atoms with E-state index in [0.29, 0.717) is 17.2 Å². The van der Waals surface area contributed by atoms with E-state index in [1.165, 1.54) is 34.6 Å². The van der Waals surface area contributed by atoms with E-state index in [9.17, 15) is 14.9 Å². The molecule has 1 amide bonds. The van der Waals surface area contributed by atoms with Crippen LogP contribution in [0.3, 0.4) is 0 Å². The quantitative estimate of drug-likeness (QED) is 0.452. The van der Waals surface area contributed by atoms with Crippen LogP contribution in [0.5, 0.6) is 0 Å². The Kier molecular flexibility index (Phi) is 4.42. The summed E-state index contributed by atoms with van der Waals surface area (Å²) < 4.78 is 0. The molecule has 0 aliphatic carbocycles. The number of oxime groups is 1. The Morgan fingerprint density at radius 2 is 1.66 bits per heavy atom. The van der Waals surface area contributed by atoms with Crippen LogP contribution in [-0.4, -0.2) is 21.9 Å². The number of aryl methyl sites for hydroxylation is 3. The lowest BCUT2D eigenvalue weighted by molar-refractivity contribution is -0.384. The Bertz CT molecular complexity index is 1300. The maximum absolute atomic E-state index is 13.5. The largest absolute Gasteiger partial charge is 0.277 e. The summed E-state index contributed by atoms with van der Waals surface area (Å²) in [5.41, 5.74) is 5.42. The number of amidine groups is 1. The highest BCUT2D eigenvalue weighted by Gasteiger charge is 2.47. The van der Waals surface area contributed by atoms with E-state index >= 15 is 0 Å². The van der Waals surface area contributed by atoms with Crippen LogP contribution >= 0.6 is 0 Å². The van der Waals surface area contributed by atoms with E-state index in [1.54, 1.807) is 11.1 Å². The number of para-hydroxylation sites is 2. The lowest BCUT2D eigenvalue weighted by Crippen LogP contribution is -2.49. The molecule has 9 nitrogen and oxygen atoms in total. The molecule has 0 N–H and O–H groups in total. The summed E-state index contributed by atoms with van der Waals surface area (Å²) in [5.74, 6) is 0.0826. The molecule has 0 spiro atoms. The van der Waals surface area contributed by atoms with Crippen molar-refractivity contribution in [1.82, 2.24) is 5.28 Å². The van der Waals surface area contributed by atoms with Gasteiger partial charge in [0.25, 0.3) is 11.6 Å². The Hall–Kier alpha value is -4.24. The van der Waals surface area contributed by atoms with Crippen LogP contribution in [0.4, 0.5) is 17.1 Å². The van der Waals surface area contributed by atoms with Crippen molar-refractivity contribution >= 4 is 28.8 Å². The van der Waals surface area contributed by atoms with Crippen LogP contribution in [-0.2, 0) is 4.94 Å². The molecule has 3 aromatic carbocycles. The monoisotopic (exact) mass is 429 g/mol. The van der Waals surface area contributed by atoms with E-state index in [-0.39, 0.29) is 11.3 Å². The molecule has 0 bridgehead atoms. The fraction of sp³-hybridized carbons (Fsp3) is 0.130. The molecule has 2 aliphatic heterocycles. The number of fused-ring (bicyclic) bond motifs is 3. The van der Waals surface area contributed by atoms with Gasteiger partial charge in [0.05, 0.1) is 21.6 Å². The summed E-state index contributed by atoms with van der Waals surface area (Å²) in [6, 6.07) is 17.1. The first kappa shape index (κ1) is 19.7. The van der Waals surface area contributed by atoms with Crippen molar-refractivity contribution in [1.29, 1.82) is 0 Å². The average molecular weight is 429 g/mol. The number of carbonyl (C=O) groups is 1. The molecule has 9 heteroatoms. The van der Waals surface area contributed by atoms with Crippen molar-refractivity contribution in [3.05, 3.63) is 98.6 Å². The van der Waals surface area contributed by atoms with Gasteiger partial charge in [-0.25, -0.2) is 0 Å². The Labute approximate surface area is 183 Å². The molecule has 0 atom stereocenters. The van der Waals surface area contributed by atoms with E-state index in [1.807, 2.05) is 39.0 Å². The molecule has 0 saturated heterocycles. The van der Waals surface area contributed by atoms with Gasteiger partial charge in [-0.1, -0.05) is 35.9 Å². The average Bonchev–Trinajstić information content (AvgIpc) is 3.31. The Morgan fingerprint density at radius 1 is 0.969 bits per heavy atom. The Morgan fingerprint density at radius 3 is 2.34 bits per heavy atom. The number of rotatable bonds is 3. The molecule has 32 heavy (non-hydrogen) atoms. The smallest absolute Gasteiger partial charge is 0.267 e. The highest BCUT2D eigenvalue weighted by Crippen LogP contribution is 2.43. The van der Waals surface area contributed by atoms with Crippen molar-refractivity contribution in [3.8, 4) is 0 Å². The molecule has 2 aliphatic rings. The third-order valence-electron chi connectivity index (χ3n) is 5.48. The SMILES string of the molecule is Cc1cc(C)c(C2=NON3N(C(=O)c4cccc([N+](=O)[O-])c4)c4ccccc4N23)c(C)c1. The van der Waals surface area contributed by atoms with E-state index in [2.05, 4.69) is 17.3 Å². The maximum Gasteiger partial charge on any atom is 0.277 e. The topological polar surface area (TPSA) is 91.5 Å². The number of nitrogens with zero attached hydrogens (tertiary/aromatic N) is 5. The summed E-state index contributed by atoms with van der Waals surface area (Å²) in [7, 11) is 0. The van der Waals surface area contributed by atoms with Crippen molar-refractivity contribution in [2.45, 2.75) is 20.8 Å². The summed E-state index contributed by atoms with van der Waals surface area (Å²) in [6.07, 6.45) is 0. The first-order valence-electron chi connectivity index (χ1n) is 9.98. The van der Waals surface area contributed by atoms with Gasteiger partial charge < -0.3 is 0 Å². The number of hydrogen-bond donors (Lipinski definition) is 0. The zero-order valence-electron chi connectivity index (χ0n) is 17.6. The first-order valence-corrected chi connectivity index (χ1v) is 9.98. The van der Waals surface area contributed by atoms with E-state index in [4.69, 9.17) is 4.94 Å². The number of hydrazine groups is 2. The second-order valence-corrected chi connectivity index (χ2v) is 7.75. The predicted molar refractivity (Wildman–Crippen MR) is 119 cm³/mol. The first-order chi connectivity index (χ1) is 15.4. The number of hydrogen-bond acceptors (Lipinski definition) is 7. The number of amides is 1. The highest BCUT2D eigenvalue weighted by atomic mass is 16.9. The summed E-state index contributed by atoms with van der Waals surface area (Å²) in [6.45, 7) is 6.05. The van der Waals surface area contributed by atoms with Crippen molar-refractivity contribution in [3.63, 3.8) is 0 Å². The van der Waals surface area contributed by atoms with Crippen LogP contribution < -0.4 is 10.0 Å². The minimum absolute atomic E-state index is 0.162. The fourth-order valence-corrected chi connectivity index (χ4v) is 4.22. The van der Waals surface area contributed by atoms with Gasteiger partial charge in [-0.05, 0) is 55.3 Å². The van der Waals surface area contributed by atoms with Crippen LogP contribution in [0.1, 0.15) is 32.6 Å². The molecule has 160 valence electrons. The molecule has 0 radical (unpaired) electrons. The standard InChI is InChI=1S/C23H19N5O4/c1-14-11-15(2)21(16(3)12-14)22-24-32-28-25(22)19-9-4-5-10-20(19)26(28)23(29)17-7-6-8-18(13-17)27(30)31/h4-13H,1-3H3. The predicted octanol–water partition coefficient (Wildman–Crippen LogP) is 4.43. The third kappa shape index (κ3) is 2.90. The van der Waals surface area contributed by atoms with Gasteiger partial charge >= 0.3 is 0 Å². The van der Waals surface area contributed by atoms with Crippen LogP contribution in [0, 0.1) is 30.9 Å². The van der Waals surface area contributed by atoms with Crippen molar-refractivity contribution < 1.29 is 14.7 Å². The van der Waals surface area contributed by atoms with E-state index in [0.717, 1.165) is 22.3 Å². The summed E-state index contributed by atoms with van der Waals surface area (Å²) >= 11 is 0. The normalized spacial score (nSPS) is 14.7. The molecule has 0 fully saturated rings. The van der Waals surface area contributed by atoms with Gasteiger partial charge in [0.2, 0.25) is 5.84 Å². The molecule has 0 aromatic heterocycles. The van der Waals surface area contributed by atoms with Gasteiger partial charge in [-0.3, -0.25) is 19.8 Å². The summed E-state index contributed by atoms with van der Waals surface area (Å²) in [4.78, 5) is 29.7. The highest BCUT2D eigenvalue weighted by molar-refractivity contribution is 6.17. The molecule has 0 saturated carbocycles. The van der Waals surface area contributed by atoms with Gasteiger partial charge in [0, 0.05) is 23.3 Å². The fourth-order valence-electron chi connectivity index (χ4n) is 4.22. The number of nitro benzene ring substituents is 1. The van der Waals surface area contributed by atoms with Crippen LogP contribution in [0.15, 0.2) is 65.8 Å². The minimum atomic E-state index is -0.530. The third-order valence-corrected chi connectivity index (χ3v) is 5.48. The molecule has 2 heterocycles. The van der Waals surface area contributed by atoms with Gasteiger partial charge in [-0.2, -0.15) is 10.0 Å². The number of benzene rings is 3. The molecule has 5 rings (SSSR count). The van der Waals surface area contributed by atoms with Crippen LogP contribution in [0.25, 0.3) is 0 Å². The van der Waals surface area contributed by atoms with Gasteiger partial charge in [0.15, 0.2) is 0 Å².